The molecule has 0 aliphatic rings. The SMILES string of the molecule is CC(c1ccccc1Cl)n1c(CO)c[nH]c1=S. The Morgan fingerprint density at radius 3 is 2.82 bits per heavy atom. The van der Waals surface area contributed by atoms with Crippen LogP contribution in [0.2, 0.25) is 5.02 Å². The largest absolute Gasteiger partial charge is 0.390 e. The molecule has 0 saturated carbocycles. The fourth-order valence-corrected chi connectivity index (χ4v) is 2.54. The second-order valence-corrected chi connectivity index (χ2v) is 4.60. The number of nitrogens with zero attached hydrogens (tertiary/aromatic N) is 1. The maximum atomic E-state index is 9.28. The predicted molar refractivity (Wildman–Crippen MR) is 70.8 cm³/mol. The molecule has 2 aromatic rings. The first kappa shape index (κ1) is 12.4. The van der Waals surface area contributed by atoms with Gasteiger partial charge in [-0.05, 0) is 30.8 Å². The van der Waals surface area contributed by atoms with E-state index < -0.39 is 0 Å². The van der Waals surface area contributed by atoms with Gasteiger partial charge in [0.05, 0.1) is 18.3 Å². The Morgan fingerprint density at radius 1 is 1.47 bits per heavy atom. The van der Waals surface area contributed by atoms with Crippen molar-refractivity contribution in [3.63, 3.8) is 0 Å². The zero-order valence-electron chi connectivity index (χ0n) is 9.35. The Labute approximate surface area is 110 Å². The smallest absolute Gasteiger partial charge is 0.177 e. The van der Waals surface area contributed by atoms with Crippen LogP contribution in [0.4, 0.5) is 0 Å². The highest BCUT2D eigenvalue weighted by molar-refractivity contribution is 7.71. The lowest BCUT2D eigenvalue weighted by atomic mass is 10.1. The fraction of sp³-hybridized carbons (Fsp3) is 0.250. The normalized spacial score (nSPS) is 12.6. The molecule has 17 heavy (non-hydrogen) atoms. The quantitative estimate of drug-likeness (QED) is 0.839. The molecule has 1 heterocycles. The first-order chi connectivity index (χ1) is 8.15. The second kappa shape index (κ2) is 5.04. The van der Waals surface area contributed by atoms with Crippen molar-refractivity contribution in [2.24, 2.45) is 0 Å². The Kier molecular flexibility index (Phi) is 3.66. The molecule has 0 aliphatic heterocycles. The van der Waals surface area contributed by atoms with Gasteiger partial charge in [0.1, 0.15) is 0 Å². The first-order valence-corrected chi connectivity index (χ1v) is 6.08. The number of rotatable bonds is 3. The monoisotopic (exact) mass is 268 g/mol. The summed E-state index contributed by atoms with van der Waals surface area (Å²) in [4.78, 5) is 2.93. The average molecular weight is 269 g/mol. The van der Waals surface area contributed by atoms with E-state index in [0.29, 0.717) is 9.79 Å². The standard InChI is InChI=1S/C12H13ClN2OS/c1-8(10-4-2-3-5-11(10)13)15-9(7-16)6-14-12(15)17/h2-6,8,16H,7H2,1H3,(H,14,17). The molecule has 5 heteroatoms. The molecule has 3 nitrogen and oxygen atoms in total. The Hall–Kier alpha value is -1.10. The molecule has 0 saturated heterocycles. The molecule has 2 rings (SSSR count). The van der Waals surface area contributed by atoms with E-state index in [1.165, 1.54) is 0 Å². The summed E-state index contributed by atoms with van der Waals surface area (Å²) in [6.45, 7) is 1.95. The van der Waals surface area contributed by atoms with Crippen LogP contribution in [0.15, 0.2) is 30.5 Å². The number of aliphatic hydroxyl groups excluding tert-OH is 1. The lowest BCUT2D eigenvalue weighted by Crippen LogP contribution is -2.10. The Morgan fingerprint density at radius 2 is 2.18 bits per heavy atom. The third-order valence-electron chi connectivity index (χ3n) is 2.80. The van der Waals surface area contributed by atoms with Gasteiger partial charge in [-0.2, -0.15) is 0 Å². The van der Waals surface area contributed by atoms with Crippen molar-refractivity contribution in [3.8, 4) is 0 Å². The molecule has 1 aromatic heterocycles. The number of halogens is 1. The summed E-state index contributed by atoms with van der Waals surface area (Å²) >= 11 is 11.4. The average Bonchev–Trinajstić information content (AvgIpc) is 2.70. The Balaban J connectivity index is 2.51. The van der Waals surface area contributed by atoms with Gasteiger partial charge < -0.3 is 14.7 Å². The van der Waals surface area contributed by atoms with E-state index in [-0.39, 0.29) is 12.6 Å². The van der Waals surface area contributed by atoms with Gasteiger partial charge in [0, 0.05) is 11.2 Å². The highest BCUT2D eigenvalue weighted by Crippen LogP contribution is 2.26. The molecule has 0 spiro atoms. The van der Waals surface area contributed by atoms with Gasteiger partial charge in [-0.3, -0.25) is 0 Å². The molecule has 90 valence electrons. The number of nitrogens with one attached hydrogen (secondary N) is 1. The summed E-state index contributed by atoms with van der Waals surface area (Å²) in [7, 11) is 0. The van der Waals surface area contributed by atoms with Crippen molar-refractivity contribution in [2.75, 3.05) is 0 Å². The minimum absolute atomic E-state index is 0.00963. The molecular weight excluding hydrogens is 256 g/mol. The van der Waals surface area contributed by atoms with Crippen LogP contribution < -0.4 is 0 Å². The van der Waals surface area contributed by atoms with Crippen LogP contribution in [-0.4, -0.2) is 14.7 Å². The number of benzene rings is 1. The van der Waals surface area contributed by atoms with Gasteiger partial charge in [-0.15, -0.1) is 0 Å². The van der Waals surface area contributed by atoms with Crippen molar-refractivity contribution in [1.29, 1.82) is 0 Å². The zero-order valence-corrected chi connectivity index (χ0v) is 10.9. The topological polar surface area (TPSA) is 41.0 Å². The molecule has 1 aromatic carbocycles. The Bertz CT molecular complexity index is 576. The molecule has 0 aliphatic carbocycles. The van der Waals surface area contributed by atoms with Crippen LogP contribution >= 0.6 is 23.8 Å². The number of hydrogen-bond donors (Lipinski definition) is 2. The second-order valence-electron chi connectivity index (χ2n) is 3.81. The van der Waals surface area contributed by atoms with Crippen LogP contribution in [-0.2, 0) is 6.61 Å². The van der Waals surface area contributed by atoms with E-state index in [0.717, 1.165) is 11.3 Å². The van der Waals surface area contributed by atoms with Crippen molar-refractivity contribution in [2.45, 2.75) is 19.6 Å². The number of aliphatic hydroxyl groups is 1. The first-order valence-electron chi connectivity index (χ1n) is 5.29. The summed E-state index contributed by atoms with van der Waals surface area (Å²) in [5.41, 5.74) is 1.74. The summed E-state index contributed by atoms with van der Waals surface area (Å²) in [6.07, 6.45) is 1.72. The number of imidazole rings is 1. The van der Waals surface area contributed by atoms with Gasteiger partial charge in [-0.1, -0.05) is 29.8 Å². The third kappa shape index (κ3) is 2.29. The van der Waals surface area contributed by atoms with Crippen LogP contribution in [0.5, 0.6) is 0 Å². The molecule has 1 atom stereocenters. The van der Waals surface area contributed by atoms with Crippen molar-refractivity contribution >= 4 is 23.8 Å². The molecule has 0 bridgehead atoms. The van der Waals surface area contributed by atoms with Gasteiger partial charge in [-0.25, -0.2) is 0 Å². The van der Waals surface area contributed by atoms with Gasteiger partial charge >= 0.3 is 0 Å². The summed E-state index contributed by atoms with van der Waals surface area (Å²) < 4.78 is 2.46. The molecule has 0 radical (unpaired) electrons. The molecule has 0 fully saturated rings. The minimum atomic E-state index is -0.0536. The van der Waals surface area contributed by atoms with Crippen LogP contribution in [0.1, 0.15) is 24.2 Å². The molecule has 2 N–H and O–H groups in total. The van der Waals surface area contributed by atoms with Gasteiger partial charge in [0.15, 0.2) is 4.77 Å². The molecular formula is C12H13ClN2OS. The highest BCUT2D eigenvalue weighted by atomic mass is 35.5. The fourth-order valence-electron chi connectivity index (χ4n) is 1.91. The molecule has 1 unspecified atom stereocenters. The predicted octanol–water partition coefficient (Wildman–Crippen LogP) is 3.30. The van der Waals surface area contributed by atoms with Crippen molar-refractivity contribution < 1.29 is 5.11 Å². The van der Waals surface area contributed by atoms with Crippen LogP contribution in [0.3, 0.4) is 0 Å². The van der Waals surface area contributed by atoms with Crippen LogP contribution in [0, 0.1) is 4.77 Å². The third-order valence-corrected chi connectivity index (χ3v) is 3.45. The highest BCUT2D eigenvalue weighted by Gasteiger charge is 2.14. The lowest BCUT2D eigenvalue weighted by molar-refractivity contribution is 0.269. The van der Waals surface area contributed by atoms with E-state index in [2.05, 4.69) is 4.98 Å². The van der Waals surface area contributed by atoms with E-state index in [9.17, 15) is 5.11 Å². The maximum absolute atomic E-state index is 9.28. The lowest BCUT2D eigenvalue weighted by Gasteiger charge is -2.17. The minimum Gasteiger partial charge on any atom is -0.390 e. The van der Waals surface area contributed by atoms with Gasteiger partial charge in [0.2, 0.25) is 0 Å². The maximum Gasteiger partial charge on any atom is 0.177 e. The van der Waals surface area contributed by atoms with Crippen LogP contribution in [0.25, 0.3) is 0 Å². The molecule has 0 amide bonds. The van der Waals surface area contributed by atoms with Crippen molar-refractivity contribution in [1.82, 2.24) is 9.55 Å². The summed E-state index contributed by atoms with van der Waals surface area (Å²) in [6, 6.07) is 7.63. The number of aromatic amines is 1. The van der Waals surface area contributed by atoms with Gasteiger partial charge in [0.25, 0.3) is 0 Å². The van der Waals surface area contributed by atoms with E-state index in [1.54, 1.807) is 6.20 Å². The van der Waals surface area contributed by atoms with Crippen molar-refractivity contribution in [3.05, 3.63) is 51.5 Å². The van der Waals surface area contributed by atoms with E-state index in [4.69, 9.17) is 23.8 Å². The van der Waals surface area contributed by atoms with E-state index in [1.807, 2.05) is 35.8 Å². The van der Waals surface area contributed by atoms with E-state index >= 15 is 0 Å². The summed E-state index contributed by atoms with van der Waals surface area (Å²) in [5.74, 6) is 0. The number of hydrogen-bond acceptors (Lipinski definition) is 2. The number of H-pyrrole nitrogens is 1. The summed E-state index contributed by atoms with van der Waals surface area (Å²) in [5, 5.41) is 9.98. The zero-order chi connectivity index (χ0) is 12.4. The number of aromatic nitrogens is 2.